The molecule has 0 unspecified atom stereocenters. The molecule has 1 heterocycles. The van der Waals surface area contributed by atoms with Crippen molar-refractivity contribution in [3.63, 3.8) is 0 Å². The SMILES string of the molecule is COc1cc(C[NH2+]CC[NH+](C)C)ccc1OCc1nnnn1-c1ccc(C)cc1. The molecule has 0 spiro atoms. The van der Waals surface area contributed by atoms with Gasteiger partial charge in [-0.2, -0.15) is 4.68 Å². The molecule has 8 heteroatoms. The van der Waals surface area contributed by atoms with E-state index in [0.29, 0.717) is 17.3 Å². The number of aryl methyl sites for hydroxylation is 1. The minimum absolute atomic E-state index is 0.244. The molecule has 0 aliphatic carbocycles. The van der Waals surface area contributed by atoms with Crippen molar-refractivity contribution < 1.29 is 19.7 Å². The number of nitrogens with two attached hydrogens (primary N) is 1. The average Bonchev–Trinajstić information content (AvgIpc) is 3.19. The van der Waals surface area contributed by atoms with Crippen LogP contribution in [0.4, 0.5) is 0 Å². The lowest BCUT2D eigenvalue weighted by atomic mass is 10.2. The molecule has 1 aromatic heterocycles. The van der Waals surface area contributed by atoms with Crippen molar-refractivity contribution >= 4 is 0 Å². The van der Waals surface area contributed by atoms with Crippen LogP contribution in [0.2, 0.25) is 0 Å². The van der Waals surface area contributed by atoms with E-state index in [1.807, 2.05) is 43.3 Å². The molecule has 0 fully saturated rings. The maximum absolute atomic E-state index is 5.97. The Kier molecular flexibility index (Phi) is 7.15. The van der Waals surface area contributed by atoms with E-state index in [9.17, 15) is 0 Å². The van der Waals surface area contributed by atoms with Gasteiger partial charge in [0.15, 0.2) is 23.9 Å². The number of quaternary nitrogens is 2. The average molecular weight is 399 g/mol. The van der Waals surface area contributed by atoms with Crippen LogP contribution in [-0.4, -0.2) is 54.5 Å². The van der Waals surface area contributed by atoms with Gasteiger partial charge >= 0.3 is 0 Å². The van der Waals surface area contributed by atoms with Crippen molar-refractivity contribution in [2.24, 2.45) is 0 Å². The largest absolute Gasteiger partial charge is 0.493 e. The number of tetrazole rings is 1. The molecule has 0 saturated carbocycles. The Bertz CT molecular complexity index is 908. The number of methoxy groups -OCH3 is 1. The van der Waals surface area contributed by atoms with Gasteiger partial charge in [-0.05, 0) is 47.7 Å². The Hall–Kier alpha value is -2.97. The number of ether oxygens (including phenoxy) is 2. The lowest BCUT2D eigenvalue weighted by Crippen LogP contribution is -3.09. The van der Waals surface area contributed by atoms with Crippen molar-refractivity contribution in [2.45, 2.75) is 20.1 Å². The quantitative estimate of drug-likeness (QED) is 0.461. The fourth-order valence-corrected chi connectivity index (χ4v) is 2.94. The number of hydrogen-bond donors (Lipinski definition) is 2. The molecule has 8 nitrogen and oxygen atoms in total. The summed E-state index contributed by atoms with van der Waals surface area (Å²) in [5.74, 6) is 2.01. The predicted octanol–water partition coefficient (Wildman–Crippen LogP) is -0.234. The summed E-state index contributed by atoms with van der Waals surface area (Å²) in [7, 11) is 5.98. The number of benzene rings is 2. The van der Waals surface area contributed by atoms with E-state index in [1.54, 1.807) is 11.8 Å². The van der Waals surface area contributed by atoms with Gasteiger partial charge in [-0.25, -0.2) is 0 Å². The Morgan fingerprint density at radius 2 is 1.86 bits per heavy atom. The molecule has 0 saturated heterocycles. The van der Waals surface area contributed by atoms with Crippen molar-refractivity contribution in [2.75, 3.05) is 34.3 Å². The Labute approximate surface area is 171 Å². The predicted molar refractivity (Wildman–Crippen MR) is 109 cm³/mol. The van der Waals surface area contributed by atoms with Crippen LogP contribution in [-0.2, 0) is 13.2 Å². The molecule has 0 aliphatic heterocycles. The number of aromatic nitrogens is 4. The Morgan fingerprint density at radius 1 is 1.07 bits per heavy atom. The van der Waals surface area contributed by atoms with Crippen LogP contribution in [0.1, 0.15) is 17.0 Å². The minimum atomic E-state index is 0.244. The molecule has 0 radical (unpaired) electrons. The fourth-order valence-electron chi connectivity index (χ4n) is 2.94. The number of nitrogens with zero attached hydrogens (tertiary/aromatic N) is 4. The van der Waals surface area contributed by atoms with Crippen LogP contribution < -0.4 is 19.7 Å². The van der Waals surface area contributed by atoms with E-state index in [0.717, 1.165) is 25.3 Å². The maximum atomic E-state index is 5.97. The van der Waals surface area contributed by atoms with E-state index in [1.165, 1.54) is 16.0 Å². The van der Waals surface area contributed by atoms with Crippen LogP contribution in [0.25, 0.3) is 5.69 Å². The summed E-state index contributed by atoms with van der Waals surface area (Å²) in [5.41, 5.74) is 3.29. The van der Waals surface area contributed by atoms with E-state index in [-0.39, 0.29) is 6.61 Å². The zero-order chi connectivity index (χ0) is 20.6. The summed E-state index contributed by atoms with van der Waals surface area (Å²) in [4.78, 5) is 1.45. The maximum Gasteiger partial charge on any atom is 0.194 e. The second-order valence-electron chi connectivity index (χ2n) is 7.35. The van der Waals surface area contributed by atoms with E-state index in [2.05, 4.69) is 41.0 Å². The third kappa shape index (κ3) is 5.75. The standard InChI is InChI=1S/C21H28N6O2/c1-16-5-8-18(9-6-16)27-21(23-24-25-27)15-29-19-10-7-17(13-20(19)28-4)14-22-11-12-26(2)3/h5-10,13,22H,11-12,14-15H2,1-4H3/p+2. The first-order chi connectivity index (χ1) is 14.1. The highest BCUT2D eigenvalue weighted by atomic mass is 16.5. The first-order valence-corrected chi connectivity index (χ1v) is 9.81. The molecule has 0 atom stereocenters. The molecule has 0 amide bonds. The van der Waals surface area contributed by atoms with Crippen molar-refractivity contribution in [1.82, 2.24) is 20.2 Å². The van der Waals surface area contributed by atoms with Gasteiger partial charge in [-0.3, -0.25) is 0 Å². The fraction of sp³-hybridized carbons (Fsp3) is 0.381. The number of likely N-dealkylation sites (N-methyl/N-ethyl adjacent to an activating group) is 1. The molecule has 0 aliphatic rings. The highest BCUT2D eigenvalue weighted by Crippen LogP contribution is 2.28. The number of nitrogens with one attached hydrogen (secondary N) is 1. The molecule has 2 aromatic carbocycles. The highest BCUT2D eigenvalue weighted by Gasteiger charge is 2.12. The first kappa shape index (κ1) is 20.8. The van der Waals surface area contributed by atoms with Crippen molar-refractivity contribution in [1.29, 1.82) is 0 Å². The van der Waals surface area contributed by atoms with Gasteiger partial charge in [-0.1, -0.05) is 17.7 Å². The van der Waals surface area contributed by atoms with Gasteiger partial charge in [0.25, 0.3) is 0 Å². The van der Waals surface area contributed by atoms with Crippen LogP contribution >= 0.6 is 0 Å². The third-order valence-electron chi connectivity index (χ3n) is 4.63. The monoisotopic (exact) mass is 398 g/mol. The summed E-state index contributed by atoms with van der Waals surface area (Å²) in [6.07, 6.45) is 0. The zero-order valence-corrected chi connectivity index (χ0v) is 17.6. The number of hydrogen-bond acceptors (Lipinski definition) is 5. The third-order valence-corrected chi connectivity index (χ3v) is 4.63. The van der Waals surface area contributed by atoms with Crippen LogP contribution in [0.5, 0.6) is 11.5 Å². The van der Waals surface area contributed by atoms with Gasteiger partial charge in [0, 0.05) is 5.56 Å². The van der Waals surface area contributed by atoms with Crippen LogP contribution in [0.15, 0.2) is 42.5 Å². The van der Waals surface area contributed by atoms with Gasteiger partial charge in [-0.15, -0.1) is 5.10 Å². The molecular weight excluding hydrogens is 368 g/mol. The molecule has 3 aromatic rings. The van der Waals surface area contributed by atoms with Crippen LogP contribution in [0, 0.1) is 6.92 Å². The first-order valence-electron chi connectivity index (χ1n) is 9.81. The molecule has 29 heavy (non-hydrogen) atoms. The summed E-state index contributed by atoms with van der Waals surface area (Å²) in [5, 5.41) is 14.3. The van der Waals surface area contributed by atoms with Crippen LogP contribution in [0.3, 0.4) is 0 Å². The topological polar surface area (TPSA) is 83.1 Å². The van der Waals surface area contributed by atoms with E-state index < -0.39 is 0 Å². The van der Waals surface area contributed by atoms with Crippen molar-refractivity contribution in [3.05, 3.63) is 59.4 Å². The zero-order valence-electron chi connectivity index (χ0n) is 17.6. The Balaban J connectivity index is 1.64. The highest BCUT2D eigenvalue weighted by molar-refractivity contribution is 5.43. The van der Waals surface area contributed by atoms with E-state index >= 15 is 0 Å². The second-order valence-corrected chi connectivity index (χ2v) is 7.35. The summed E-state index contributed by atoms with van der Waals surface area (Å²) in [6.45, 7) is 5.42. The summed E-state index contributed by atoms with van der Waals surface area (Å²) >= 11 is 0. The lowest BCUT2D eigenvalue weighted by Gasteiger charge is -2.12. The molecule has 154 valence electrons. The summed E-state index contributed by atoms with van der Waals surface area (Å²) in [6, 6.07) is 14.1. The second kappa shape index (κ2) is 9.99. The van der Waals surface area contributed by atoms with Gasteiger partial charge in [0.1, 0.15) is 19.6 Å². The minimum Gasteiger partial charge on any atom is -0.493 e. The molecule has 0 bridgehead atoms. The van der Waals surface area contributed by atoms with Gasteiger partial charge in [0.2, 0.25) is 0 Å². The normalized spacial score (nSPS) is 11.1. The van der Waals surface area contributed by atoms with Crippen molar-refractivity contribution in [3.8, 4) is 17.2 Å². The molecule has 3 rings (SSSR count). The number of rotatable bonds is 10. The van der Waals surface area contributed by atoms with E-state index in [4.69, 9.17) is 9.47 Å². The van der Waals surface area contributed by atoms with Gasteiger partial charge in [0.05, 0.1) is 26.9 Å². The Morgan fingerprint density at radius 3 is 2.59 bits per heavy atom. The molecular formula is C21H30N6O2+2. The van der Waals surface area contributed by atoms with Gasteiger partial charge < -0.3 is 19.7 Å². The molecule has 3 N–H and O–H groups in total. The summed E-state index contributed by atoms with van der Waals surface area (Å²) < 4.78 is 13.2. The smallest absolute Gasteiger partial charge is 0.194 e. The lowest BCUT2D eigenvalue weighted by molar-refractivity contribution is -0.875.